The van der Waals surface area contributed by atoms with Crippen LogP contribution < -0.4 is 0 Å². The van der Waals surface area contributed by atoms with Gasteiger partial charge in [0.1, 0.15) is 17.9 Å². The summed E-state index contributed by atoms with van der Waals surface area (Å²) in [6, 6.07) is 8.07. The smallest absolute Gasteiger partial charge is 0.373 e. The van der Waals surface area contributed by atoms with Crippen LogP contribution in [-0.4, -0.2) is 34.0 Å². The number of hydrogen-bond donors (Lipinski definition) is 0. The number of aromatic nitrogens is 3. The third-order valence-electron chi connectivity index (χ3n) is 3.44. The first kappa shape index (κ1) is 15.7. The van der Waals surface area contributed by atoms with Crippen molar-refractivity contribution in [3.05, 3.63) is 47.4 Å². The van der Waals surface area contributed by atoms with Gasteiger partial charge in [0, 0.05) is 6.54 Å². The van der Waals surface area contributed by atoms with E-state index in [2.05, 4.69) is 15.0 Å². The molecule has 0 bridgehead atoms. The summed E-state index contributed by atoms with van der Waals surface area (Å²) in [7, 11) is 1.26. The Balaban J connectivity index is 1.68. The number of furan rings is 1. The molecule has 3 rings (SSSR count). The predicted molar refractivity (Wildman–Crippen MR) is 82.4 cm³/mol. The van der Waals surface area contributed by atoms with Gasteiger partial charge in [-0.2, -0.15) is 0 Å². The number of esters is 2. The van der Waals surface area contributed by atoms with E-state index in [0.29, 0.717) is 23.4 Å². The number of carbonyl (C=O) groups is 2. The highest BCUT2D eigenvalue weighted by Gasteiger charge is 2.14. The normalized spacial score (nSPS) is 10.8. The fourth-order valence-electron chi connectivity index (χ4n) is 2.22. The Morgan fingerprint density at radius 2 is 2.04 bits per heavy atom. The molecule has 0 spiro atoms. The summed E-state index contributed by atoms with van der Waals surface area (Å²) in [6.45, 7) is 2.57. The Bertz CT molecular complexity index is 896. The van der Waals surface area contributed by atoms with E-state index in [1.807, 2.05) is 6.92 Å². The lowest BCUT2D eigenvalue weighted by Gasteiger charge is -2.03. The van der Waals surface area contributed by atoms with Gasteiger partial charge in [0.15, 0.2) is 0 Å². The van der Waals surface area contributed by atoms with Gasteiger partial charge in [-0.3, -0.25) is 0 Å². The maximum absolute atomic E-state index is 12.1. The molecule has 0 saturated heterocycles. The van der Waals surface area contributed by atoms with Crippen molar-refractivity contribution in [3.8, 4) is 0 Å². The second-order valence-electron chi connectivity index (χ2n) is 4.94. The molecule has 2 heterocycles. The van der Waals surface area contributed by atoms with Gasteiger partial charge < -0.3 is 13.9 Å². The molecule has 0 atom stereocenters. The lowest BCUT2D eigenvalue weighted by molar-refractivity contribution is 0.0438. The fourth-order valence-corrected chi connectivity index (χ4v) is 2.22. The molecule has 0 amide bonds. The van der Waals surface area contributed by atoms with E-state index in [9.17, 15) is 9.59 Å². The zero-order valence-corrected chi connectivity index (χ0v) is 13.2. The molecule has 2 aromatic heterocycles. The lowest BCUT2D eigenvalue weighted by atomic mass is 10.2. The van der Waals surface area contributed by atoms with Crippen LogP contribution in [0.15, 0.2) is 34.7 Å². The molecule has 24 heavy (non-hydrogen) atoms. The van der Waals surface area contributed by atoms with Crippen molar-refractivity contribution < 1.29 is 23.5 Å². The van der Waals surface area contributed by atoms with E-state index < -0.39 is 11.9 Å². The van der Waals surface area contributed by atoms with E-state index in [1.54, 1.807) is 28.9 Å². The van der Waals surface area contributed by atoms with Gasteiger partial charge in [-0.05, 0) is 37.3 Å². The Labute approximate surface area is 136 Å². The average molecular weight is 329 g/mol. The molecular weight excluding hydrogens is 314 g/mol. The number of hydrogen-bond acceptors (Lipinski definition) is 7. The van der Waals surface area contributed by atoms with E-state index in [0.717, 1.165) is 5.52 Å². The van der Waals surface area contributed by atoms with Crippen LogP contribution in [-0.2, 0) is 22.6 Å². The lowest BCUT2D eigenvalue weighted by Crippen LogP contribution is -2.05. The molecular formula is C16H15N3O5. The Morgan fingerprint density at radius 3 is 2.79 bits per heavy atom. The fraction of sp³-hybridized carbons (Fsp3) is 0.250. The first-order valence-electron chi connectivity index (χ1n) is 7.29. The molecule has 3 aromatic rings. The zero-order valence-electron chi connectivity index (χ0n) is 13.2. The summed E-state index contributed by atoms with van der Waals surface area (Å²) in [5.41, 5.74) is 1.84. The van der Waals surface area contributed by atoms with Crippen LogP contribution in [0.2, 0.25) is 0 Å². The summed E-state index contributed by atoms with van der Waals surface area (Å²) in [6.07, 6.45) is 0. The summed E-state index contributed by atoms with van der Waals surface area (Å²) in [4.78, 5) is 23.4. The first-order valence-corrected chi connectivity index (χ1v) is 7.29. The second-order valence-corrected chi connectivity index (χ2v) is 4.94. The number of carbonyl (C=O) groups excluding carboxylic acids is 2. The number of methoxy groups -OCH3 is 1. The van der Waals surface area contributed by atoms with E-state index in [4.69, 9.17) is 9.15 Å². The molecule has 8 nitrogen and oxygen atoms in total. The Kier molecular flexibility index (Phi) is 4.28. The van der Waals surface area contributed by atoms with Gasteiger partial charge in [-0.15, -0.1) is 5.10 Å². The van der Waals surface area contributed by atoms with E-state index in [-0.39, 0.29) is 12.4 Å². The minimum Gasteiger partial charge on any atom is -0.463 e. The minimum absolute atomic E-state index is 0.0566. The maximum Gasteiger partial charge on any atom is 0.373 e. The summed E-state index contributed by atoms with van der Waals surface area (Å²) >= 11 is 0. The van der Waals surface area contributed by atoms with Crippen molar-refractivity contribution in [2.75, 3.05) is 7.11 Å². The van der Waals surface area contributed by atoms with Crippen LogP contribution in [0.3, 0.4) is 0 Å². The monoisotopic (exact) mass is 329 g/mol. The van der Waals surface area contributed by atoms with E-state index in [1.165, 1.54) is 13.2 Å². The molecule has 124 valence electrons. The molecule has 8 heteroatoms. The Morgan fingerprint density at radius 1 is 1.21 bits per heavy atom. The number of aryl methyl sites for hydroxylation is 1. The average Bonchev–Trinajstić information content (AvgIpc) is 3.24. The molecule has 0 unspecified atom stereocenters. The first-order chi connectivity index (χ1) is 11.6. The second kappa shape index (κ2) is 6.53. The van der Waals surface area contributed by atoms with Crippen LogP contribution in [0.25, 0.3) is 11.0 Å². The topological polar surface area (TPSA) is 96.5 Å². The third kappa shape index (κ3) is 2.98. The highest BCUT2D eigenvalue weighted by Crippen LogP contribution is 2.16. The maximum atomic E-state index is 12.1. The van der Waals surface area contributed by atoms with Crippen molar-refractivity contribution in [3.63, 3.8) is 0 Å². The minimum atomic E-state index is -0.586. The molecule has 0 aliphatic heterocycles. The van der Waals surface area contributed by atoms with Gasteiger partial charge in [0.2, 0.25) is 5.76 Å². The van der Waals surface area contributed by atoms with Crippen molar-refractivity contribution in [1.82, 2.24) is 15.0 Å². The molecule has 0 aliphatic rings. The SMILES string of the molecule is CCn1nnc2cc(C(=O)OCc3ccc(C(=O)OC)o3)ccc21. The number of nitrogens with zero attached hydrogens (tertiary/aromatic N) is 3. The van der Waals surface area contributed by atoms with Crippen molar-refractivity contribution >= 4 is 23.0 Å². The van der Waals surface area contributed by atoms with Crippen molar-refractivity contribution in [2.45, 2.75) is 20.1 Å². The van der Waals surface area contributed by atoms with Crippen molar-refractivity contribution in [2.24, 2.45) is 0 Å². The van der Waals surface area contributed by atoms with Gasteiger partial charge in [0.25, 0.3) is 0 Å². The van der Waals surface area contributed by atoms with Gasteiger partial charge >= 0.3 is 11.9 Å². The van der Waals surface area contributed by atoms with E-state index >= 15 is 0 Å². The van der Waals surface area contributed by atoms with Gasteiger partial charge in [-0.25, -0.2) is 14.3 Å². The third-order valence-corrected chi connectivity index (χ3v) is 3.44. The number of rotatable bonds is 5. The number of fused-ring (bicyclic) bond motifs is 1. The van der Waals surface area contributed by atoms with Crippen LogP contribution in [0.4, 0.5) is 0 Å². The summed E-state index contributed by atoms with van der Waals surface area (Å²) in [5.74, 6) is -0.695. The number of ether oxygens (including phenoxy) is 2. The van der Waals surface area contributed by atoms with Crippen molar-refractivity contribution in [1.29, 1.82) is 0 Å². The van der Waals surface area contributed by atoms with Gasteiger partial charge in [-0.1, -0.05) is 5.21 Å². The highest BCUT2D eigenvalue weighted by atomic mass is 16.5. The standard InChI is InChI=1S/C16H15N3O5/c1-3-19-13-6-4-10(8-12(13)17-18-19)15(20)23-9-11-5-7-14(24-11)16(21)22-2/h4-8H,3,9H2,1-2H3. The largest absolute Gasteiger partial charge is 0.463 e. The molecule has 0 N–H and O–H groups in total. The molecule has 0 saturated carbocycles. The van der Waals surface area contributed by atoms with Crippen LogP contribution in [0, 0.1) is 0 Å². The van der Waals surface area contributed by atoms with Crippen LogP contribution >= 0.6 is 0 Å². The highest BCUT2D eigenvalue weighted by molar-refractivity contribution is 5.93. The molecule has 1 aromatic carbocycles. The number of benzene rings is 1. The Hall–Kier alpha value is -3.16. The van der Waals surface area contributed by atoms with Crippen LogP contribution in [0.5, 0.6) is 0 Å². The zero-order chi connectivity index (χ0) is 17.1. The molecule has 0 aliphatic carbocycles. The summed E-state index contributed by atoms with van der Waals surface area (Å²) in [5, 5.41) is 8.01. The predicted octanol–water partition coefficient (Wildman–Crippen LogP) is 2.19. The summed E-state index contributed by atoms with van der Waals surface area (Å²) < 4.78 is 16.7. The molecule has 0 radical (unpaired) electrons. The molecule has 0 fully saturated rings. The van der Waals surface area contributed by atoms with Gasteiger partial charge in [0.05, 0.1) is 18.2 Å². The quantitative estimate of drug-likeness (QED) is 0.662. The van der Waals surface area contributed by atoms with Crippen LogP contribution in [0.1, 0.15) is 33.6 Å².